The van der Waals surface area contributed by atoms with Crippen molar-refractivity contribution in [1.82, 2.24) is 9.78 Å². The molecule has 0 fully saturated rings. The summed E-state index contributed by atoms with van der Waals surface area (Å²) in [4.78, 5) is 3.85. The van der Waals surface area contributed by atoms with E-state index in [1.165, 1.54) is 0 Å². The van der Waals surface area contributed by atoms with Gasteiger partial charge in [0.1, 0.15) is 0 Å². The normalized spacial score (nSPS) is 9.55. The molecule has 0 aliphatic carbocycles. The summed E-state index contributed by atoms with van der Waals surface area (Å²) in [6, 6.07) is 0. The van der Waals surface area contributed by atoms with Gasteiger partial charge in [-0.1, -0.05) is 13.5 Å². The molecule has 58 valence electrons. The highest BCUT2D eigenvalue weighted by Crippen LogP contribution is 2.18. The summed E-state index contributed by atoms with van der Waals surface area (Å²) >= 11 is 0. The Morgan fingerprint density at radius 2 is 2.55 bits per heavy atom. The van der Waals surface area contributed by atoms with Crippen LogP contribution in [0.3, 0.4) is 0 Å². The fraction of sp³-hybridized carbons (Fsp3) is 0.250. The van der Waals surface area contributed by atoms with Gasteiger partial charge in [0.05, 0.1) is 6.20 Å². The van der Waals surface area contributed by atoms with E-state index in [1.807, 2.05) is 0 Å². The van der Waals surface area contributed by atoms with Gasteiger partial charge in [0, 0.05) is 11.8 Å². The van der Waals surface area contributed by atoms with Crippen LogP contribution < -0.4 is 0 Å². The van der Waals surface area contributed by atoms with Crippen molar-refractivity contribution < 1.29 is 0 Å². The molecule has 1 aromatic heterocycles. The first kappa shape index (κ1) is 7.72. The highest BCUT2D eigenvalue weighted by Gasteiger charge is 2.03. The maximum Gasteiger partial charge on any atom is 0.157 e. The second-order valence-corrected chi connectivity index (χ2v) is 2.13. The van der Waals surface area contributed by atoms with Gasteiger partial charge in [-0.3, -0.25) is 0 Å². The maximum absolute atomic E-state index is 4.04. The molecule has 3 heteroatoms. The molecule has 0 atom stereocenters. The molecular weight excluding hydrogens is 138 g/mol. The Kier molecular flexibility index (Phi) is 2.21. The van der Waals surface area contributed by atoms with Gasteiger partial charge in [0.25, 0.3) is 0 Å². The van der Waals surface area contributed by atoms with Crippen LogP contribution in [-0.2, 0) is 6.42 Å². The standard InChI is InChI=1S/C8H11N3/c1-4-7-6-10-11(5-2)8(7)9-3/h5-6H,2-4H2,1H3. The topological polar surface area (TPSA) is 30.2 Å². The van der Waals surface area contributed by atoms with Crippen LogP contribution in [0.25, 0.3) is 6.20 Å². The van der Waals surface area contributed by atoms with E-state index in [9.17, 15) is 0 Å². The third-order valence-corrected chi connectivity index (χ3v) is 1.55. The Bertz CT molecular complexity index is 273. The van der Waals surface area contributed by atoms with E-state index < -0.39 is 0 Å². The summed E-state index contributed by atoms with van der Waals surface area (Å²) in [7, 11) is 0. The number of hydrogen-bond donors (Lipinski definition) is 0. The van der Waals surface area contributed by atoms with E-state index in [0.29, 0.717) is 0 Å². The average Bonchev–Trinajstić information content (AvgIpc) is 2.45. The van der Waals surface area contributed by atoms with Gasteiger partial charge >= 0.3 is 0 Å². The average molecular weight is 149 g/mol. The lowest BCUT2D eigenvalue weighted by atomic mass is 10.2. The number of aliphatic imine (C=N–C) groups is 1. The molecule has 0 aromatic carbocycles. The molecule has 1 aromatic rings. The minimum Gasteiger partial charge on any atom is -0.245 e. The molecule has 0 bridgehead atoms. The van der Waals surface area contributed by atoms with Gasteiger partial charge in [-0.15, -0.1) is 0 Å². The summed E-state index contributed by atoms with van der Waals surface area (Å²) in [5, 5.41) is 4.04. The number of rotatable bonds is 3. The van der Waals surface area contributed by atoms with Crippen LogP contribution in [0.4, 0.5) is 5.82 Å². The molecule has 1 rings (SSSR count). The second kappa shape index (κ2) is 3.14. The Hall–Kier alpha value is -1.38. The minimum absolute atomic E-state index is 0.794. The lowest BCUT2D eigenvalue weighted by molar-refractivity contribution is 0.935. The lowest BCUT2D eigenvalue weighted by Gasteiger charge is -1.95. The number of nitrogens with zero attached hydrogens (tertiary/aromatic N) is 3. The predicted octanol–water partition coefficient (Wildman–Crippen LogP) is 1.88. The van der Waals surface area contributed by atoms with Crippen LogP contribution in [-0.4, -0.2) is 16.5 Å². The molecule has 0 spiro atoms. The van der Waals surface area contributed by atoms with Gasteiger partial charge in [-0.2, -0.15) is 5.10 Å². The fourth-order valence-electron chi connectivity index (χ4n) is 0.948. The van der Waals surface area contributed by atoms with Gasteiger partial charge in [-0.25, -0.2) is 9.67 Å². The summed E-state index contributed by atoms with van der Waals surface area (Å²) in [6.45, 7) is 9.12. The summed E-state index contributed by atoms with van der Waals surface area (Å²) in [5.74, 6) is 0.794. The van der Waals surface area contributed by atoms with Crippen LogP contribution in [0, 0.1) is 0 Å². The zero-order chi connectivity index (χ0) is 8.27. The molecule has 0 N–H and O–H groups in total. The van der Waals surface area contributed by atoms with Crippen LogP contribution >= 0.6 is 0 Å². The molecule has 0 unspecified atom stereocenters. The van der Waals surface area contributed by atoms with Crippen molar-refractivity contribution in [2.24, 2.45) is 4.99 Å². The zero-order valence-corrected chi connectivity index (χ0v) is 6.62. The van der Waals surface area contributed by atoms with Crippen molar-refractivity contribution >= 4 is 18.7 Å². The van der Waals surface area contributed by atoms with Gasteiger partial charge in [0.2, 0.25) is 0 Å². The smallest absolute Gasteiger partial charge is 0.157 e. The number of aryl methyl sites for hydroxylation is 1. The predicted molar refractivity (Wildman–Crippen MR) is 47.2 cm³/mol. The third kappa shape index (κ3) is 1.22. The second-order valence-electron chi connectivity index (χ2n) is 2.13. The zero-order valence-electron chi connectivity index (χ0n) is 6.62. The highest BCUT2D eigenvalue weighted by molar-refractivity contribution is 5.49. The lowest BCUT2D eigenvalue weighted by Crippen LogP contribution is -1.86. The first-order valence-corrected chi connectivity index (χ1v) is 3.49. The molecule has 0 saturated carbocycles. The van der Waals surface area contributed by atoms with Crippen molar-refractivity contribution in [2.45, 2.75) is 13.3 Å². The minimum atomic E-state index is 0.794. The van der Waals surface area contributed by atoms with E-state index in [0.717, 1.165) is 17.8 Å². The highest BCUT2D eigenvalue weighted by atomic mass is 15.3. The Balaban J connectivity index is 3.18. The van der Waals surface area contributed by atoms with E-state index in [4.69, 9.17) is 0 Å². The third-order valence-electron chi connectivity index (χ3n) is 1.55. The van der Waals surface area contributed by atoms with Crippen LogP contribution in [0.1, 0.15) is 12.5 Å². The number of aromatic nitrogens is 2. The van der Waals surface area contributed by atoms with Crippen molar-refractivity contribution in [3.63, 3.8) is 0 Å². The van der Waals surface area contributed by atoms with E-state index in [2.05, 4.69) is 30.3 Å². The Labute approximate surface area is 66.1 Å². The van der Waals surface area contributed by atoms with Crippen molar-refractivity contribution in [2.75, 3.05) is 0 Å². The Morgan fingerprint density at radius 1 is 1.82 bits per heavy atom. The molecule has 0 aliphatic heterocycles. The van der Waals surface area contributed by atoms with E-state index >= 15 is 0 Å². The van der Waals surface area contributed by atoms with Gasteiger partial charge < -0.3 is 0 Å². The first-order valence-electron chi connectivity index (χ1n) is 3.49. The van der Waals surface area contributed by atoms with Crippen LogP contribution in [0.5, 0.6) is 0 Å². The molecule has 11 heavy (non-hydrogen) atoms. The summed E-state index contributed by atoms with van der Waals surface area (Å²) in [6.07, 6.45) is 4.32. The molecule has 0 amide bonds. The molecule has 1 heterocycles. The molecular formula is C8H11N3. The number of hydrogen-bond acceptors (Lipinski definition) is 2. The van der Waals surface area contributed by atoms with Crippen LogP contribution in [0.15, 0.2) is 17.8 Å². The maximum atomic E-state index is 4.04. The summed E-state index contributed by atoms with van der Waals surface area (Å²) in [5.41, 5.74) is 1.10. The van der Waals surface area contributed by atoms with E-state index in [-0.39, 0.29) is 0 Å². The largest absolute Gasteiger partial charge is 0.245 e. The summed E-state index contributed by atoms with van der Waals surface area (Å²) < 4.78 is 1.62. The van der Waals surface area contributed by atoms with Crippen molar-refractivity contribution in [3.05, 3.63) is 18.3 Å². The van der Waals surface area contributed by atoms with Crippen LogP contribution in [0.2, 0.25) is 0 Å². The van der Waals surface area contributed by atoms with Gasteiger partial charge in [-0.05, 0) is 13.1 Å². The Morgan fingerprint density at radius 3 is 3.00 bits per heavy atom. The SMILES string of the molecule is C=Cn1ncc(CC)c1N=C. The molecule has 0 radical (unpaired) electrons. The monoisotopic (exact) mass is 149 g/mol. The van der Waals surface area contributed by atoms with E-state index in [1.54, 1.807) is 17.1 Å². The van der Waals surface area contributed by atoms with Gasteiger partial charge in [0.15, 0.2) is 5.82 Å². The molecule has 0 saturated heterocycles. The molecule has 0 aliphatic rings. The quantitative estimate of drug-likeness (QED) is 0.603. The van der Waals surface area contributed by atoms with Crippen molar-refractivity contribution in [3.8, 4) is 0 Å². The fourth-order valence-corrected chi connectivity index (χ4v) is 0.948. The van der Waals surface area contributed by atoms with Crippen molar-refractivity contribution in [1.29, 1.82) is 0 Å². The molecule has 3 nitrogen and oxygen atoms in total. The first-order chi connectivity index (χ1) is 5.33.